The number of pyridine rings is 1. The third kappa shape index (κ3) is 2.64. The fraction of sp³-hybridized carbons (Fsp3) is 0.154. The Hall–Kier alpha value is -3.03. The van der Waals surface area contributed by atoms with Gasteiger partial charge in [0.05, 0.1) is 0 Å². The van der Waals surface area contributed by atoms with Crippen LogP contribution in [0.15, 0.2) is 30.6 Å². The van der Waals surface area contributed by atoms with E-state index in [9.17, 15) is 9.59 Å². The molecule has 0 saturated heterocycles. The Bertz CT molecular complexity index is 676. The third-order valence-corrected chi connectivity index (χ3v) is 3.13. The van der Waals surface area contributed by atoms with E-state index in [-0.39, 0.29) is 17.5 Å². The first kappa shape index (κ1) is 13.0. The molecule has 2 aromatic heterocycles. The van der Waals surface area contributed by atoms with Crippen molar-refractivity contribution < 1.29 is 14.7 Å². The van der Waals surface area contributed by atoms with Crippen LogP contribution in [0.3, 0.4) is 0 Å². The van der Waals surface area contributed by atoms with Crippen molar-refractivity contribution in [3.8, 4) is 0 Å². The Morgan fingerprint density at radius 2 is 1.95 bits per heavy atom. The lowest BCUT2D eigenvalue weighted by molar-refractivity contribution is 0.0689. The number of rotatable bonds is 2. The highest BCUT2D eigenvalue weighted by atomic mass is 16.4. The van der Waals surface area contributed by atoms with E-state index in [0.29, 0.717) is 13.1 Å². The number of fused-ring (bicyclic) bond motifs is 1. The molecule has 0 saturated carbocycles. The maximum Gasteiger partial charge on any atom is 0.356 e. The number of anilines is 1. The van der Waals surface area contributed by atoms with E-state index >= 15 is 0 Å². The second-order valence-electron chi connectivity index (χ2n) is 4.54. The van der Waals surface area contributed by atoms with E-state index < -0.39 is 5.97 Å². The number of amides is 2. The van der Waals surface area contributed by atoms with Gasteiger partial charge in [-0.15, -0.1) is 10.2 Å². The van der Waals surface area contributed by atoms with Crippen LogP contribution in [0.4, 0.5) is 10.6 Å². The zero-order chi connectivity index (χ0) is 14.8. The molecule has 2 N–H and O–H groups in total. The monoisotopic (exact) mass is 285 g/mol. The molecule has 2 aromatic rings. The molecular formula is C13H11N5O3. The number of hydrogen-bond donors (Lipinski definition) is 2. The molecule has 0 atom stereocenters. The van der Waals surface area contributed by atoms with Crippen molar-refractivity contribution in [1.82, 2.24) is 20.1 Å². The summed E-state index contributed by atoms with van der Waals surface area (Å²) in [5.74, 6) is -0.957. The number of urea groups is 1. The second-order valence-corrected chi connectivity index (χ2v) is 4.54. The predicted octanol–water partition coefficient (Wildman–Crippen LogP) is 1.12. The summed E-state index contributed by atoms with van der Waals surface area (Å²) >= 11 is 0. The average molecular weight is 285 g/mol. The summed E-state index contributed by atoms with van der Waals surface area (Å²) in [6.07, 6.45) is 3.43. The van der Waals surface area contributed by atoms with Crippen LogP contribution < -0.4 is 5.32 Å². The van der Waals surface area contributed by atoms with Gasteiger partial charge in [0.15, 0.2) is 11.5 Å². The Morgan fingerprint density at radius 1 is 1.14 bits per heavy atom. The molecule has 1 aliphatic rings. The number of hydrogen-bond acceptors (Lipinski definition) is 5. The van der Waals surface area contributed by atoms with Crippen molar-refractivity contribution >= 4 is 17.8 Å². The molecule has 0 bridgehead atoms. The number of carbonyl (C=O) groups is 2. The normalized spacial score (nSPS) is 12.9. The van der Waals surface area contributed by atoms with Crippen molar-refractivity contribution in [3.63, 3.8) is 0 Å². The van der Waals surface area contributed by atoms with Crippen LogP contribution in [-0.2, 0) is 13.1 Å². The highest BCUT2D eigenvalue weighted by Crippen LogP contribution is 2.21. The zero-order valence-corrected chi connectivity index (χ0v) is 10.9. The van der Waals surface area contributed by atoms with Gasteiger partial charge in [-0.3, -0.25) is 10.3 Å². The summed E-state index contributed by atoms with van der Waals surface area (Å²) in [5, 5.41) is 18.5. The quantitative estimate of drug-likeness (QED) is 0.855. The van der Waals surface area contributed by atoms with Crippen molar-refractivity contribution in [2.45, 2.75) is 13.1 Å². The molecule has 0 unspecified atom stereocenters. The van der Waals surface area contributed by atoms with Gasteiger partial charge in [0.25, 0.3) is 0 Å². The molecule has 3 rings (SSSR count). The van der Waals surface area contributed by atoms with Gasteiger partial charge in [0.2, 0.25) is 0 Å². The maximum absolute atomic E-state index is 12.1. The van der Waals surface area contributed by atoms with Crippen LogP contribution in [0.5, 0.6) is 0 Å². The molecule has 106 valence electrons. The van der Waals surface area contributed by atoms with E-state index in [2.05, 4.69) is 20.5 Å². The Balaban J connectivity index is 1.66. The number of nitrogens with one attached hydrogen (secondary N) is 1. The van der Waals surface area contributed by atoms with E-state index in [1.165, 1.54) is 12.1 Å². The SMILES string of the molecule is O=C(O)c1ccc(NC(=O)N2Cc3ccncc3C2)nn1. The molecule has 0 aliphatic carbocycles. The second kappa shape index (κ2) is 5.16. The van der Waals surface area contributed by atoms with Crippen LogP contribution in [0.25, 0.3) is 0 Å². The van der Waals surface area contributed by atoms with Gasteiger partial charge in [-0.1, -0.05) is 0 Å². The Kier molecular flexibility index (Phi) is 3.19. The molecular weight excluding hydrogens is 274 g/mol. The van der Waals surface area contributed by atoms with E-state index in [0.717, 1.165) is 11.1 Å². The number of aromatic carboxylic acids is 1. The maximum atomic E-state index is 12.1. The highest BCUT2D eigenvalue weighted by molar-refractivity contribution is 5.89. The fourth-order valence-corrected chi connectivity index (χ4v) is 2.06. The molecule has 0 aromatic carbocycles. The van der Waals surface area contributed by atoms with Gasteiger partial charge in [0, 0.05) is 25.5 Å². The standard InChI is InChI=1S/C13H11N5O3/c19-12(20)10-1-2-11(17-16-10)15-13(21)18-6-8-3-4-14-5-9(8)7-18/h1-5H,6-7H2,(H,19,20)(H,15,17,21). The molecule has 0 fully saturated rings. The molecule has 1 aliphatic heterocycles. The third-order valence-electron chi connectivity index (χ3n) is 3.13. The van der Waals surface area contributed by atoms with Crippen LogP contribution in [0.2, 0.25) is 0 Å². The van der Waals surface area contributed by atoms with E-state index in [1.807, 2.05) is 6.07 Å². The average Bonchev–Trinajstić information content (AvgIpc) is 2.92. The molecule has 0 spiro atoms. The molecule has 21 heavy (non-hydrogen) atoms. The lowest BCUT2D eigenvalue weighted by Gasteiger charge is -2.15. The summed E-state index contributed by atoms with van der Waals surface area (Å²) in [6, 6.07) is 4.25. The minimum atomic E-state index is -1.16. The highest BCUT2D eigenvalue weighted by Gasteiger charge is 2.23. The van der Waals surface area contributed by atoms with Crippen molar-refractivity contribution in [2.75, 3.05) is 5.32 Å². The van der Waals surface area contributed by atoms with Crippen LogP contribution >= 0.6 is 0 Å². The Morgan fingerprint density at radius 3 is 2.62 bits per heavy atom. The number of carboxylic acids is 1. The predicted molar refractivity (Wildman–Crippen MR) is 71.5 cm³/mol. The minimum absolute atomic E-state index is 0.173. The van der Waals surface area contributed by atoms with Gasteiger partial charge >= 0.3 is 12.0 Å². The molecule has 0 radical (unpaired) electrons. The fourth-order valence-electron chi connectivity index (χ4n) is 2.06. The molecule has 2 amide bonds. The van der Waals surface area contributed by atoms with E-state index in [1.54, 1.807) is 17.3 Å². The summed E-state index contributed by atoms with van der Waals surface area (Å²) in [4.78, 5) is 28.4. The van der Waals surface area contributed by atoms with Gasteiger partial charge in [-0.2, -0.15) is 0 Å². The first-order valence-electron chi connectivity index (χ1n) is 6.18. The summed E-state index contributed by atoms with van der Waals surface area (Å²) in [7, 11) is 0. The largest absolute Gasteiger partial charge is 0.476 e. The Labute approximate surface area is 119 Å². The van der Waals surface area contributed by atoms with Gasteiger partial charge in [0.1, 0.15) is 0 Å². The van der Waals surface area contributed by atoms with Crippen molar-refractivity contribution in [1.29, 1.82) is 0 Å². The summed E-state index contributed by atoms with van der Waals surface area (Å²) < 4.78 is 0. The lowest BCUT2D eigenvalue weighted by atomic mass is 10.2. The number of carboxylic acid groups (broad SMARTS) is 1. The first-order valence-corrected chi connectivity index (χ1v) is 6.18. The number of nitrogens with zero attached hydrogens (tertiary/aromatic N) is 4. The molecule has 3 heterocycles. The van der Waals surface area contributed by atoms with Crippen LogP contribution in [0, 0.1) is 0 Å². The minimum Gasteiger partial charge on any atom is -0.476 e. The molecule has 8 heteroatoms. The summed E-state index contributed by atoms with van der Waals surface area (Å²) in [5.41, 5.74) is 1.90. The van der Waals surface area contributed by atoms with Gasteiger partial charge < -0.3 is 10.0 Å². The first-order chi connectivity index (χ1) is 10.1. The number of carbonyl (C=O) groups excluding carboxylic acids is 1. The van der Waals surface area contributed by atoms with Crippen LogP contribution in [-0.4, -0.2) is 37.2 Å². The van der Waals surface area contributed by atoms with E-state index in [4.69, 9.17) is 5.11 Å². The van der Waals surface area contributed by atoms with Crippen LogP contribution in [0.1, 0.15) is 21.6 Å². The smallest absolute Gasteiger partial charge is 0.356 e. The van der Waals surface area contributed by atoms with Crippen molar-refractivity contribution in [3.05, 3.63) is 47.4 Å². The van der Waals surface area contributed by atoms with Crippen molar-refractivity contribution in [2.24, 2.45) is 0 Å². The number of aromatic nitrogens is 3. The molecule has 8 nitrogen and oxygen atoms in total. The summed E-state index contributed by atoms with van der Waals surface area (Å²) in [6.45, 7) is 0.986. The topological polar surface area (TPSA) is 108 Å². The zero-order valence-electron chi connectivity index (χ0n) is 10.9. The lowest BCUT2D eigenvalue weighted by Crippen LogP contribution is -2.30. The van der Waals surface area contributed by atoms with Gasteiger partial charge in [-0.25, -0.2) is 9.59 Å². The van der Waals surface area contributed by atoms with Gasteiger partial charge in [-0.05, 0) is 29.3 Å².